The zero-order valence-electron chi connectivity index (χ0n) is 9.34. The average molecular weight is 287 g/mol. The van der Waals surface area contributed by atoms with Crippen molar-refractivity contribution in [2.75, 3.05) is 5.33 Å². The number of pyridine rings is 1. The van der Waals surface area contributed by atoms with E-state index >= 15 is 0 Å². The third-order valence-electron chi connectivity index (χ3n) is 2.53. The van der Waals surface area contributed by atoms with Gasteiger partial charge in [0.05, 0.1) is 0 Å². The average Bonchev–Trinajstić information content (AvgIpc) is 2.29. The Labute approximate surface area is 103 Å². The molecular weight excluding hydrogens is 272 g/mol. The Kier molecular flexibility index (Phi) is 4.29. The van der Waals surface area contributed by atoms with Crippen LogP contribution in [0.1, 0.15) is 30.6 Å². The second-order valence-corrected chi connectivity index (χ2v) is 4.50. The van der Waals surface area contributed by atoms with Crippen molar-refractivity contribution in [1.29, 1.82) is 0 Å². The van der Waals surface area contributed by atoms with E-state index in [1.54, 1.807) is 6.07 Å². The van der Waals surface area contributed by atoms with Gasteiger partial charge in [-0.2, -0.15) is 0 Å². The lowest BCUT2D eigenvalue weighted by Crippen LogP contribution is -2.47. The fourth-order valence-electron chi connectivity index (χ4n) is 1.15. The highest BCUT2D eigenvalue weighted by Gasteiger charge is 2.23. The molecular formula is C11H15BrN2O2. The van der Waals surface area contributed by atoms with Crippen LogP contribution in [0, 0.1) is 0 Å². The predicted octanol–water partition coefficient (Wildman–Crippen LogP) is 1.67. The minimum Gasteiger partial charge on any atom is -0.346 e. The van der Waals surface area contributed by atoms with Crippen molar-refractivity contribution in [1.82, 2.24) is 10.3 Å². The number of amides is 1. The zero-order chi connectivity index (χ0) is 12.2. The third kappa shape index (κ3) is 3.20. The highest BCUT2D eigenvalue weighted by Crippen LogP contribution is 2.13. The number of hydrogen-bond donors (Lipinski definition) is 2. The van der Waals surface area contributed by atoms with E-state index in [0.29, 0.717) is 10.9 Å². The van der Waals surface area contributed by atoms with E-state index in [9.17, 15) is 9.59 Å². The second kappa shape index (κ2) is 5.30. The molecule has 1 heterocycles. The minimum atomic E-state index is -0.292. The summed E-state index contributed by atoms with van der Waals surface area (Å²) in [6, 6.07) is 2.88. The first kappa shape index (κ1) is 13.0. The Morgan fingerprint density at radius 2 is 2.31 bits per heavy atom. The van der Waals surface area contributed by atoms with Gasteiger partial charge in [-0.15, -0.1) is 0 Å². The van der Waals surface area contributed by atoms with Crippen LogP contribution in [0.4, 0.5) is 0 Å². The Morgan fingerprint density at radius 1 is 1.62 bits per heavy atom. The molecule has 0 spiro atoms. The summed E-state index contributed by atoms with van der Waals surface area (Å²) in [4.78, 5) is 25.4. The molecule has 0 aromatic carbocycles. The Bertz CT molecular complexity index is 424. The topological polar surface area (TPSA) is 62.0 Å². The Morgan fingerprint density at radius 3 is 2.81 bits per heavy atom. The zero-order valence-corrected chi connectivity index (χ0v) is 10.9. The summed E-state index contributed by atoms with van der Waals surface area (Å²) < 4.78 is 0. The van der Waals surface area contributed by atoms with Crippen LogP contribution in [-0.2, 0) is 0 Å². The van der Waals surface area contributed by atoms with Gasteiger partial charge in [0, 0.05) is 28.7 Å². The Balaban J connectivity index is 2.84. The lowest BCUT2D eigenvalue weighted by atomic mass is 10.0. The second-order valence-electron chi connectivity index (χ2n) is 3.94. The van der Waals surface area contributed by atoms with Crippen molar-refractivity contribution in [2.45, 2.75) is 25.8 Å². The summed E-state index contributed by atoms with van der Waals surface area (Å²) in [6.45, 7) is 3.95. The molecule has 88 valence electrons. The van der Waals surface area contributed by atoms with Gasteiger partial charge in [0.25, 0.3) is 5.91 Å². The van der Waals surface area contributed by atoms with Gasteiger partial charge >= 0.3 is 0 Å². The molecule has 0 fully saturated rings. The molecule has 0 aliphatic heterocycles. The van der Waals surface area contributed by atoms with Crippen molar-refractivity contribution in [3.63, 3.8) is 0 Å². The third-order valence-corrected chi connectivity index (χ3v) is 3.77. The van der Waals surface area contributed by atoms with Crippen molar-refractivity contribution in [2.24, 2.45) is 0 Å². The molecule has 1 amide bonds. The molecule has 0 saturated carbocycles. The van der Waals surface area contributed by atoms with Gasteiger partial charge in [-0.1, -0.05) is 22.9 Å². The van der Waals surface area contributed by atoms with Gasteiger partial charge in [0.15, 0.2) is 0 Å². The number of carbonyl (C=O) groups excluding carboxylic acids is 1. The summed E-state index contributed by atoms with van der Waals surface area (Å²) in [5, 5.41) is 3.57. The fraction of sp³-hybridized carbons (Fsp3) is 0.455. The molecule has 16 heavy (non-hydrogen) atoms. The van der Waals surface area contributed by atoms with Crippen LogP contribution in [0.2, 0.25) is 0 Å². The van der Waals surface area contributed by atoms with Gasteiger partial charge in [0.2, 0.25) is 5.56 Å². The van der Waals surface area contributed by atoms with Crippen LogP contribution < -0.4 is 10.9 Å². The van der Waals surface area contributed by atoms with Gasteiger partial charge in [0.1, 0.15) is 0 Å². The summed E-state index contributed by atoms with van der Waals surface area (Å²) in [5.74, 6) is -0.227. The molecule has 2 N–H and O–H groups in total. The van der Waals surface area contributed by atoms with Gasteiger partial charge in [-0.25, -0.2) is 0 Å². The molecule has 0 aliphatic rings. The maximum atomic E-state index is 11.8. The molecule has 1 aromatic rings. The van der Waals surface area contributed by atoms with E-state index in [2.05, 4.69) is 26.2 Å². The number of halogens is 1. The van der Waals surface area contributed by atoms with Crippen LogP contribution in [0.15, 0.2) is 23.1 Å². The maximum absolute atomic E-state index is 11.8. The van der Waals surface area contributed by atoms with E-state index < -0.39 is 0 Å². The van der Waals surface area contributed by atoms with E-state index in [1.807, 2.05) is 13.8 Å². The number of nitrogens with one attached hydrogen (secondary N) is 2. The molecule has 1 unspecified atom stereocenters. The van der Waals surface area contributed by atoms with Crippen LogP contribution in [0.3, 0.4) is 0 Å². The molecule has 0 aliphatic carbocycles. The smallest absolute Gasteiger partial charge is 0.251 e. The van der Waals surface area contributed by atoms with E-state index in [1.165, 1.54) is 12.3 Å². The van der Waals surface area contributed by atoms with Gasteiger partial charge in [-0.05, 0) is 19.4 Å². The van der Waals surface area contributed by atoms with Crippen molar-refractivity contribution in [3.8, 4) is 0 Å². The summed E-state index contributed by atoms with van der Waals surface area (Å²) in [7, 11) is 0. The lowest BCUT2D eigenvalue weighted by molar-refractivity contribution is 0.0913. The minimum absolute atomic E-state index is 0.227. The monoisotopic (exact) mass is 286 g/mol. The van der Waals surface area contributed by atoms with Crippen molar-refractivity contribution < 1.29 is 4.79 Å². The summed E-state index contributed by atoms with van der Waals surface area (Å²) in [5.41, 5.74) is -0.186. The first-order valence-electron chi connectivity index (χ1n) is 5.08. The predicted molar refractivity (Wildman–Crippen MR) is 67.0 cm³/mol. The number of alkyl halides is 1. The van der Waals surface area contributed by atoms with Gasteiger partial charge in [-0.3, -0.25) is 9.59 Å². The van der Waals surface area contributed by atoms with Crippen LogP contribution in [0.25, 0.3) is 0 Å². The van der Waals surface area contributed by atoms with Crippen LogP contribution >= 0.6 is 15.9 Å². The molecule has 0 bridgehead atoms. The first-order valence-corrected chi connectivity index (χ1v) is 6.20. The quantitative estimate of drug-likeness (QED) is 0.827. The van der Waals surface area contributed by atoms with Crippen molar-refractivity contribution >= 4 is 21.8 Å². The highest BCUT2D eigenvalue weighted by atomic mass is 79.9. The molecule has 1 rings (SSSR count). The number of aromatic nitrogens is 1. The maximum Gasteiger partial charge on any atom is 0.251 e. The molecule has 5 heteroatoms. The molecule has 0 radical (unpaired) electrons. The number of rotatable bonds is 4. The van der Waals surface area contributed by atoms with Crippen LogP contribution in [-0.4, -0.2) is 21.8 Å². The molecule has 1 aromatic heterocycles. The normalized spacial score (nSPS) is 14.2. The SMILES string of the molecule is CCC(C)(CBr)NC(=O)c1cc[nH]c(=O)c1. The largest absolute Gasteiger partial charge is 0.346 e. The number of aromatic amines is 1. The van der Waals surface area contributed by atoms with E-state index in [0.717, 1.165) is 6.42 Å². The number of hydrogen-bond acceptors (Lipinski definition) is 2. The molecule has 0 saturated heterocycles. The fourth-order valence-corrected chi connectivity index (χ4v) is 1.69. The molecule has 4 nitrogen and oxygen atoms in total. The van der Waals surface area contributed by atoms with Crippen LogP contribution in [0.5, 0.6) is 0 Å². The van der Waals surface area contributed by atoms with E-state index in [4.69, 9.17) is 0 Å². The van der Waals surface area contributed by atoms with Crippen molar-refractivity contribution in [3.05, 3.63) is 34.2 Å². The molecule has 1 atom stereocenters. The first-order chi connectivity index (χ1) is 7.50. The highest BCUT2D eigenvalue weighted by molar-refractivity contribution is 9.09. The lowest BCUT2D eigenvalue weighted by Gasteiger charge is -2.27. The summed E-state index contributed by atoms with van der Waals surface area (Å²) in [6.07, 6.45) is 2.28. The van der Waals surface area contributed by atoms with E-state index in [-0.39, 0.29) is 17.0 Å². The Hall–Kier alpha value is -1.10. The number of carbonyl (C=O) groups is 1. The standard InChI is InChI=1S/C11H15BrN2O2/c1-3-11(2,7-12)14-10(16)8-4-5-13-9(15)6-8/h4-6H,3,7H2,1-2H3,(H,13,15)(H,14,16). The van der Waals surface area contributed by atoms with Gasteiger partial charge < -0.3 is 10.3 Å². The number of H-pyrrole nitrogens is 1. The summed E-state index contributed by atoms with van der Waals surface area (Å²) >= 11 is 3.37.